The van der Waals surface area contributed by atoms with E-state index in [-0.39, 0.29) is 29.4 Å². The molecule has 0 radical (unpaired) electrons. The Morgan fingerprint density at radius 1 is 1.45 bits per heavy atom. The van der Waals surface area contributed by atoms with E-state index in [4.69, 9.17) is 23.1 Å². The van der Waals surface area contributed by atoms with Gasteiger partial charge >= 0.3 is 6.03 Å². The number of amidine groups is 1. The zero-order chi connectivity index (χ0) is 21.4. The Kier molecular flexibility index (Phi) is 8.69. The first-order valence-electron chi connectivity index (χ1n) is 9.46. The number of nitrogens with one attached hydrogen (secondary N) is 1. The molecule has 1 aliphatic rings. The Bertz CT molecular complexity index is 798. The number of piperidine rings is 1. The van der Waals surface area contributed by atoms with Gasteiger partial charge in [0.05, 0.1) is 12.4 Å². The van der Waals surface area contributed by atoms with Crippen LogP contribution in [0.5, 0.6) is 0 Å². The molecule has 9 heteroatoms. The number of aliphatic hydroxyl groups excluding tert-OH is 1. The van der Waals surface area contributed by atoms with Crippen LogP contribution in [0.15, 0.2) is 28.8 Å². The topological polar surface area (TPSA) is 94.2 Å². The minimum absolute atomic E-state index is 0.0446. The fourth-order valence-electron chi connectivity index (χ4n) is 3.07. The summed E-state index contributed by atoms with van der Waals surface area (Å²) in [4.78, 5) is 19.6. The smallest absolute Gasteiger partial charge is 0.323 e. The SMILES string of the molecule is C/C(N)=N/C(=S)NC(=O)N1CCC(=Cc2ccc(CN(C)CCO)cc2F)CC1. The summed E-state index contributed by atoms with van der Waals surface area (Å²) in [5.41, 5.74) is 7.94. The third-order valence-electron chi connectivity index (χ3n) is 4.54. The van der Waals surface area contributed by atoms with Crippen LogP contribution in [0.4, 0.5) is 9.18 Å². The van der Waals surface area contributed by atoms with Gasteiger partial charge in [0.1, 0.15) is 5.82 Å². The number of thiocarbonyl (C=S) groups is 1. The normalized spacial score (nSPS) is 14.9. The molecule has 2 amide bonds. The number of carbonyl (C=O) groups excluding carboxylic acids is 1. The molecule has 1 saturated heterocycles. The fraction of sp³-hybridized carbons (Fsp3) is 0.450. The number of rotatable bonds is 5. The maximum Gasteiger partial charge on any atom is 0.323 e. The number of nitrogens with two attached hydrogens (primary N) is 1. The zero-order valence-corrected chi connectivity index (χ0v) is 17.6. The highest BCUT2D eigenvalue weighted by atomic mass is 32.1. The second kappa shape index (κ2) is 11.0. The number of urea groups is 1. The third-order valence-corrected chi connectivity index (χ3v) is 4.74. The molecule has 0 saturated carbocycles. The minimum Gasteiger partial charge on any atom is -0.395 e. The van der Waals surface area contributed by atoms with Crippen molar-refractivity contribution in [2.24, 2.45) is 10.7 Å². The quantitative estimate of drug-likeness (QED) is 0.385. The number of halogens is 1. The van der Waals surface area contributed by atoms with Crippen molar-refractivity contribution in [3.8, 4) is 0 Å². The first-order valence-corrected chi connectivity index (χ1v) is 9.87. The zero-order valence-electron chi connectivity index (χ0n) is 16.8. The summed E-state index contributed by atoms with van der Waals surface area (Å²) in [7, 11) is 1.88. The maximum atomic E-state index is 14.5. The van der Waals surface area contributed by atoms with Crippen molar-refractivity contribution in [1.82, 2.24) is 15.1 Å². The number of carbonyl (C=O) groups is 1. The number of aliphatic hydroxyl groups is 1. The second-order valence-corrected chi connectivity index (χ2v) is 7.48. The molecule has 1 aliphatic heterocycles. The number of likely N-dealkylation sites (N-methyl/N-ethyl adjacent to an activating group) is 1. The number of nitrogens with zero attached hydrogens (tertiary/aromatic N) is 3. The molecule has 1 heterocycles. The number of aliphatic imine (C=N–C) groups is 1. The summed E-state index contributed by atoms with van der Waals surface area (Å²) >= 11 is 4.96. The molecule has 29 heavy (non-hydrogen) atoms. The third kappa shape index (κ3) is 7.52. The molecule has 1 fully saturated rings. The van der Waals surface area contributed by atoms with Crippen LogP contribution >= 0.6 is 12.2 Å². The van der Waals surface area contributed by atoms with Crippen molar-refractivity contribution in [2.45, 2.75) is 26.3 Å². The van der Waals surface area contributed by atoms with Gasteiger partial charge in [0, 0.05) is 31.7 Å². The highest BCUT2D eigenvalue weighted by Crippen LogP contribution is 2.22. The van der Waals surface area contributed by atoms with E-state index in [1.54, 1.807) is 17.9 Å². The van der Waals surface area contributed by atoms with Crippen molar-refractivity contribution >= 4 is 35.3 Å². The number of amides is 2. The van der Waals surface area contributed by atoms with E-state index >= 15 is 0 Å². The lowest BCUT2D eigenvalue weighted by Crippen LogP contribution is -2.44. The molecule has 4 N–H and O–H groups in total. The molecule has 0 aliphatic carbocycles. The summed E-state index contributed by atoms with van der Waals surface area (Å²) in [5.74, 6) is 0.0141. The summed E-state index contributed by atoms with van der Waals surface area (Å²) in [5, 5.41) is 11.5. The molecule has 7 nitrogen and oxygen atoms in total. The first-order chi connectivity index (χ1) is 13.8. The summed E-state index contributed by atoms with van der Waals surface area (Å²) in [6.45, 7) is 3.84. The van der Waals surface area contributed by atoms with Gasteiger partial charge in [-0.05, 0) is 50.7 Å². The van der Waals surface area contributed by atoms with Crippen LogP contribution in [0.2, 0.25) is 0 Å². The molecule has 158 valence electrons. The van der Waals surface area contributed by atoms with E-state index < -0.39 is 0 Å². The van der Waals surface area contributed by atoms with Gasteiger partial charge in [-0.15, -0.1) is 0 Å². The van der Waals surface area contributed by atoms with Gasteiger partial charge in [-0.25, -0.2) is 14.2 Å². The van der Waals surface area contributed by atoms with Crippen molar-refractivity contribution in [3.05, 3.63) is 40.7 Å². The van der Waals surface area contributed by atoms with Gasteiger partial charge in [-0.2, -0.15) is 0 Å². The number of likely N-dealkylation sites (tertiary alicyclic amines) is 1. The van der Waals surface area contributed by atoms with Crippen LogP contribution in [0, 0.1) is 5.82 Å². The molecule has 0 aromatic heterocycles. The average Bonchev–Trinajstić information content (AvgIpc) is 2.64. The van der Waals surface area contributed by atoms with Crippen molar-refractivity contribution < 1.29 is 14.3 Å². The number of benzene rings is 1. The molecular formula is C20H28FN5O2S. The summed E-state index contributed by atoms with van der Waals surface area (Å²) in [6.07, 6.45) is 3.19. The predicted octanol–water partition coefficient (Wildman–Crippen LogP) is 2.10. The molecule has 0 atom stereocenters. The van der Waals surface area contributed by atoms with E-state index in [0.717, 1.165) is 11.1 Å². The molecule has 0 bridgehead atoms. The van der Waals surface area contributed by atoms with Crippen LogP contribution < -0.4 is 11.1 Å². The van der Waals surface area contributed by atoms with Gasteiger partial charge in [-0.1, -0.05) is 23.8 Å². The molecule has 1 aromatic carbocycles. The lowest BCUT2D eigenvalue weighted by Gasteiger charge is -2.28. The Morgan fingerprint density at radius 2 is 2.14 bits per heavy atom. The molecule has 2 rings (SSSR count). The van der Waals surface area contributed by atoms with Gasteiger partial charge < -0.3 is 15.7 Å². The largest absolute Gasteiger partial charge is 0.395 e. The van der Waals surface area contributed by atoms with Crippen LogP contribution in [-0.2, 0) is 6.54 Å². The second-order valence-electron chi connectivity index (χ2n) is 7.10. The summed E-state index contributed by atoms with van der Waals surface area (Å²) < 4.78 is 14.5. The lowest BCUT2D eigenvalue weighted by molar-refractivity contribution is 0.199. The monoisotopic (exact) mass is 421 g/mol. The van der Waals surface area contributed by atoms with Crippen molar-refractivity contribution in [1.29, 1.82) is 0 Å². The van der Waals surface area contributed by atoms with E-state index in [9.17, 15) is 9.18 Å². The van der Waals surface area contributed by atoms with Gasteiger partial charge in [0.2, 0.25) is 5.11 Å². The summed E-state index contributed by atoms with van der Waals surface area (Å²) in [6, 6.07) is 4.90. The maximum absolute atomic E-state index is 14.5. The van der Waals surface area contributed by atoms with Gasteiger partial charge in [0.25, 0.3) is 0 Å². The first kappa shape index (κ1) is 22.9. The number of hydrogen-bond donors (Lipinski definition) is 3. The van der Waals surface area contributed by atoms with Crippen LogP contribution in [0.1, 0.15) is 30.9 Å². The van der Waals surface area contributed by atoms with Crippen LogP contribution in [0.25, 0.3) is 6.08 Å². The predicted molar refractivity (Wildman–Crippen MR) is 117 cm³/mol. The Balaban J connectivity index is 1.92. The molecule has 1 aromatic rings. The molecule has 0 unspecified atom stereocenters. The van der Waals surface area contributed by atoms with E-state index in [1.807, 2.05) is 24.1 Å². The fourth-order valence-corrected chi connectivity index (χ4v) is 3.30. The average molecular weight is 422 g/mol. The highest BCUT2D eigenvalue weighted by molar-refractivity contribution is 7.80. The van der Waals surface area contributed by atoms with E-state index in [2.05, 4.69) is 10.3 Å². The van der Waals surface area contributed by atoms with Crippen LogP contribution in [0.3, 0.4) is 0 Å². The standard InChI is InChI=1S/C20H28FN5O2S/c1-14(22)23-19(29)24-20(28)26-7-5-15(6-8-26)11-17-4-3-16(12-18(17)21)13-25(2)9-10-27/h3-4,11-12,27H,5-10,13H2,1-2H3,(H3,22,23,24,28,29). The molecule has 0 spiro atoms. The van der Waals surface area contributed by atoms with Gasteiger partial charge in [-0.3, -0.25) is 10.2 Å². The Labute approximate surface area is 176 Å². The number of hydrogen-bond acceptors (Lipinski definition) is 4. The Morgan fingerprint density at radius 3 is 2.72 bits per heavy atom. The van der Waals surface area contributed by atoms with Crippen molar-refractivity contribution in [3.63, 3.8) is 0 Å². The lowest BCUT2D eigenvalue weighted by atomic mass is 10.00. The van der Waals surface area contributed by atoms with Crippen molar-refractivity contribution in [2.75, 3.05) is 33.3 Å². The molecular weight excluding hydrogens is 393 g/mol. The highest BCUT2D eigenvalue weighted by Gasteiger charge is 2.20. The Hall–Kier alpha value is -2.36. The minimum atomic E-state index is -0.304. The van der Waals surface area contributed by atoms with E-state index in [1.165, 1.54) is 6.07 Å². The van der Waals surface area contributed by atoms with E-state index in [0.29, 0.717) is 44.6 Å². The van der Waals surface area contributed by atoms with Crippen LogP contribution in [-0.4, -0.2) is 65.2 Å². The van der Waals surface area contributed by atoms with Gasteiger partial charge in [0.15, 0.2) is 0 Å².